The summed E-state index contributed by atoms with van der Waals surface area (Å²) in [6, 6.07) is 0.137. The van der Waals surface area contributed by atoms with Gasteiger partial charge in [0.2, 0.25) is 5.91 Å². The Balaban J connectivity index is 2.00. The van der Waals surface area contributed by atoms with E-state index in [0.717, 1.165) is 31.6 Å². The van der Waals surface area contributed by atoms with E-state index in [1.807, 2.05) is 20.8 Å². The Hall–Kier alpha value is -2.02. The van der Waals surface area contributed by atoms with Gasteiger partial charge < -0.3 is 15.0 Å². The lowest BCUT2D eigenvalue weighted by Gasteiger charge is -2.25. The minimum absolute atomic E-state index is 0.0278. The van der Waals surface area contributed by atoms with E-state index in [-0.39, 0.29) is 30.4 Å². The predicted molar refractivity (Wildman–Crippen MR) is 94.2 cm³/mol. The highest BCUT2D eigenvalue weighted by atomic mass is 16.5. The van der Waals surface area contributed by atoms with Gasteiger partial charge in [0.05, 0.1) is 18.0 Å². The lowest BCUT2D eigenvalue weighted by molar-refractivity contribution is -0.122. The maximum Gasteiger partial charge on any atom is 0.274 e. The number of nitrogens with one attached hydrogen (secondary N) is 1. The Bertz CT molecular complexity index is 570. The molecule has 2 atom stereocenters. The molecule has 0 unspecified atom stereocenters. The molecule has 0 spiro atoms. The van der Waals surface area contributed by atoms with Gasteiger partial charge >= 0.3 is 0 Å². The highest BCUT2D eigenvalue weighted by Gasteiger charge is 2.25. The van der Waals surface area contributed by atoms with Crippen molar-refractivity contribution in [3.63, 3.8) is 0 Å². The summed E-state index contributed by atoms with van der Waals surface area (Å²) >= 11 is 0. The van der Waals surface area contributed by atoms with E-state index in [4.69, 9.17) is 4.74 Å². The van der Waals surface area contributed by atoms with Crippen LogP contribution in [0.5, 0.6) is 0 Å². The molecule has 1 aliphatic heterocycles. The first-order valence-electron chi connectivity index (χ1n) is 8.98. The monoisotopic (exact) mass is 348 g/mol. The lowest BCUT2D eigenvalue weighted by atomic mass is 10.2. The molecular formula is C18H28N4O3. The first kappa shape index (κ1) is 19.3. The van der Waals surface area contributed by atoms with Crippen LogP contribution >= 0.6 is 0 Å². The van der Waals surface area contributed by atoms with E-state index in [1.165, 1.54) is 6.20 Å². The third-order valence-corrected chi connectivity index (χ3v) is 4.36. The highest BCUT2D eigenvalue weighted by molar-refractivity contribution is 5.92. The molecule has 2 amide bonds. The molecule has 1 saturated heterocycles. The van der Waals surface area contributed by atoms with Gasteiger partial charge in [-0.05, 0) is 33.1 Å². The van der Waals surface area contributed by atoms with Crippen LogP contribution in [0.2, 0.25) is 0 Å². The number of aromatic nitrogens is 2. The molecule has 1 aromatic heterocycles. The van der Waals surface area contributed by atoms with Crippen molar-refractivity contribution in [3.8, 4) is 0 Å². The number of carbonyl (C=O) groups excluding carboxylic acids is 2. The number of rotatable bonds is 8. The van der Waals surface area contributed by atoms with Crippen LogP contribution in [0.3, 0.4) is 0 Å². The second-order valence-corrected chi connectivity index (χ2v) is 6.56. The molecule has 138 valence electrons. The smallest absolute Gasteiger partial charge is 0.274 e. The van der Waals surface area contributed by atoms with Crippen LogP contribution in [0.1, 0.15) is 55.7 Å². The van der Waals surface area contributed by atoms with Crippen LogP contribution in [0, 0.1) is 6.92 Å². The van der Waals surface area contributed by atoms with Gasteiger partial charge in [0.15, 0.2) is 0 Å². The zero-order chi connectivity index (χ0) is 18.2. The third kappa shape index (κ3) is 6.08. The summed E-state index contributed by atoms with van der Waals surface area (Å²) in [7, 11) is 0. The Morgan fingerprint density at radius 1 is 1.40 bits per heavy atom. The van der Waals surface area contributed by atoms with Crippen molar-refractivity contribution >= 4 is 11.8 Å². The molecule has 0 aliphatic carbocycles. The number of ether oxygens (including phenoxy) is 1. The van der Waals surface area contributed by atoms with Crippen molar-refractivity contribution in [2.75, 3.05) is 19.7 Å². The summed E-state index contributed by atoms with van der Waals surface area (Å²) in [5, 5.41) is 2.93. The molecule has 1 aliphatic rings. The number of hydrogen-bond donors (Lipinski definition) is 1. The molecule has 0 bridgehead atoms. The maximum absolute atomic E-state index is 12.8. The van der Waals surface area contributed by atoms with E-state index in [0.29, 0.717) is 18.8 Å². The average Bonchev–Trinajstić information content (AvgIpc) is 3.11. The fraction of sp³-hybridized carbons (Fsp3) is 0.667. The molecule has 0 radical (unpaired) electrons. The Labute approximate surface area is 149 Å². The number of hydrogen-bond acceptors (Lipinski definition) is 5. The molecular weight excluding hydrogens is 320 g/mol. The van der Waals surface area contributed by atoms with Crippen LogP contribution in [-0.2, 0) is 9.53 Å². The van der Waals surface area contributed by atoms with E-state index in [2.05, 4.69) is 15.3 Å². The molecule has 0 saturated carbocycles. The van der Waals surface area contributed by atoms with Gasteiger partial charge in [-0.1, -0.05) is 6.92 Å². The standard InChI is InChI=1S/C18H28N4O3/c1-4-13(2)21-17(23)7-8-22(12-15-6-5-9-25-15)18(24)16-11-19-14(3)10-20-16/h10-11,13,15H,4-9,12H2,1-3H3,(H,21,23)/t13-,15-/m1/s1. The molecule has 0 aromatic carbocycles. The van der Waals surface area contributed by atoms with E-state index >= 15 is 0 Å². The summed E-state index contributed by atoms with van der Waals surface area (Å²) in [6.45, 7) is 7.36. The lowest BCUT2D eigenvalue weighted by Crippen LogP contribution is -2.41. The van der Waals surface area contributed by atoms with Gasteiger partial charge in [0, 0.05) is 38.4 Å². The first-order chi connectivity index (χ1) is 12.0. The molecule has 1 N–H and O–H groups in total. The number of amides is 2. The van der Waals surface area contributed by atoms with Gasteiger partial charge in [-0.3, -0.25) is 14.6 Å². The minimum atomic E-state index is -0.209. The molecule has 1 aromatic rings. The normalized spacial score (nSPS) is 18.0. The summed E-state index contributed by atoms with van der Waals surface area (Å²) in [4.78, 5) is 34.8. The maximum atomic E-state index is 12.8. The fourth-order valence-corrected chi connectivity index (χ4v) is 2.66. The number of carbonyl (C=O) groups is 2. The minimum Gasteiger partial charge on any atom is -0.376 e. The van der Waals surface area contributed by atoms with Crippen LogP contribution in [-0.4, -0.2) is 58.5 Å². The quantitative estimate of drug-likeness (QED) is 0.773. The van der Waals surface area contributed by atoms with Crippen molar-refractivity contribution in [1.82, 2.24) is 20.2 Å². The third-order valence-electron chi connectivity index (χ3n) is 4.36. The predicted octanol–water partition coefficient (Wildman–Crippen LogP) is 1.71. The SMILES string of the molecule is CC[C@@H](C)NC(=O)CCN(C[C@H]1CCCO1)C(=O)c1cnc(C)cn1. The summed E-state index contributed by atoms with van der Waals surface area (Å²) in [6.07, 6.45) is 6.17. The van der Waals surface area contributed by atoms with E-state index in [9.17, 15) is 9.59 Å². The Kier molecular flexibility index (Phi) is 7.31. The van der Waals surface area contributed by atoms with Gasteiger partial charge in [0.25, 0.3) is 5.91 Å². The van der Waals surface area contributed by atoms with Gasteiger partial charge in [-0.2, -0.15) is 0 Å². The van der Waals surface area contributed by atoms with E-state index in [1.54, 1.807) is 11.1 Å². The Morgan fingerprint density at radius 2 is 2.20 bits per heavy atom. The summed E-state index contributed by atoms with van der Waals surface area (Å²) in [5.74, 6) is -0.256. The molecule has 1 fully saturated rings. The van der Waals surface area contributed by atoms with Crippen LogP contribution in [0.25, 0.3) is 0 Å². The average molecular weight is 348 g/mol. The highest BCUT2D eigenvalue weighted by Crippen LogP contribution is 2.15. The molecule has 2 heterocycles. The van der Waals surface area contributed by atoms with Crippen molar-refractivity contribution in [1.29, 1.82) is 0 Å². The second-order valence-electron chi connectivity index (χ2n) is 6.56. The van der Waals surface area contributed by atoms with Gasteiger partial charge in [-0.25, -0.2) is 4.98 Å². The zero-order valence-electron chi connectivity index (χ0n) is 15.3. The molecule has 7 nitrogen and oxygen atoms in total. The molecule has 2 rings (SSSR count). The van der Waals surface area contributed by atoms with Crippen LogP contribution in [0.15, 0.2) is 12.4 Å². The van der Waals surface area contributed by atoms with Crippen molar-refractivity contribution in [3.05, 3.63) is 23.8 Å². The first-order valence-corrected chi connectivity index (χ1v) is 8.98. The molecule has 25 heavy (non-hydrogen) atoms. The number of aryl methyl sites for hydroxylation is 1. The van der Waals surface area contributed by atoms with E-state index < -0.39 is 0 Å². The second kappa shape index (κ2) is 9.46. The summed E-state index contributed by atoms with van der Waals surface area (Å²) in [5.41, 5.74) is 1.06. The zero-order valence-corrected chi connectivity index (χ0v) is 15.3. The van der Waals surface area contributed by atoms with Crippen molar-refractivity contribution < 1.29 is 14.3 Å². The van der Waals surface area contributed by atoms with Crippen molar-refractivity contribution in [2.45, 2.75) is 58.6 Å². The number of nitrogens with zero attached hydrogens (tertiary/aromatic N) is 3. The molecule has 7 heteroatoms. The largest absolute Gasteiger partial charge is 0.376 e. The van der Waals surface area contributed by atoms with Crippen LogP contribution in [0.4, 0.5) is 0 Å². The topological polar surface area (TPSA) is 84.4 Å². The summed E-state index contributed by atoms with van der Waals surface area (Å²) < 4.78 is 5.65. The van der Waals surface area contributed by atoms with Gasteiger partial charge in [0.1, 0.15) is 5.69 Å². The Morgan fingerprint density at radius 3 is 2.80 bits per heavy atom. The van der Waals surface area contributed by atoms with Crippen molar-refractivity contribution in [2.24, 2.45) is 0 Å². The fourth-order valence-electron chi connectivity index (χ4n) is 2.66. The van der Waals surface area contributed by atoms with Gasteiger partial charge in [-0.15, -0.1) is 0 Å². The van der Waals surface area contributed by atoms with Crippen LogP contribution < -0.4 is 5.32 Å².